The van der Waals surface area contributed by atoms with Gasteiger partial charge in [0.15, 0.2) is 0 Å². The summed E-state index contributed by atoms with van der Waals surface area (Å²) in [5.41, 5.74) is -1.23. The summed E-state index contributed by atoms with van der Waals surface area (Å²) in [6, 6.07) is 7.53. The Kier molecular flexibility index (Phi) is 7.49. The van der Waals surface area contributed by atoms with Crippen molar-refractivity contribution in [2.45, 2.75) is 89.6 Å². The quantitative estimate of drug-likeness (QED) is 0.459. The summed E-state index contributed by atoms with van der Waals surface area (Å²) in [6.45, 7) is 10.1. The molecular weight excluding hydrogens is 458 g/mol. The molecule has 1 spiro atoms. The van der Waals surface area contributed by atoms with E-state index in [1.165, 1.54) is 4.90 Å². The number of ether oxygens (including phenoxy) is 1. The highest BCUT2D eigenvalue weighted by atomic mass is 16.5. The summed E-state index contributed by atoms with van der Waals surface area (Å²) >= 11 is 0. The number of nitrogens with one attached hydrogen (secondary N) is 2. The lowest BCUT2D eigenvalue weighted by Crippen LogP contribution is -2.57. The fourth-order valence-electron chi connectivity index (χ4n) is 6.93. The summed E-state index contributed by atoms with van der Waals surface area (Å²) in [6.07, 6.45) is 3.00. The normalized spacial score (nSPS) is 34.4. The molecule has 3 saturated heterocycles. The number of amides is 3. The second-order valence-electron chi connectivity index (χ2n) is 11.0. The third-order valence-corrected chi connectivity index (χ3v) is 8.64. The first-order valence-electron chi connectivity index (χ1n) is 13.4. The van der Waals surface area contributed by atoms with Crippen molar-refractivity contribution < 1.29 is 24.2 Å². The van der Waals surface area contributed by atoms with Gasteiger partial charge in [0.1, 0.15) is 11.6 Å². The van der Waals surface area contributed by atoms with Gasteiger partial charge in [0.25, 0.3) is 0 Å². The number of hydrogen-bond acceptors (Lipinski definition) is 5. The second kappa shape index (κ2) is 10.1. The molecule has 0 saturated carbocycles. The smallest absolute Gasteiger partial charge is 0.246 e. The number of fused-ring (bicyclic) bond motifs is 1. The van der Waals surface area contributed by atoms with Crippen LogP contribution in [0.4, 0.5) is 0 Å². The molecule has 2 bridgehead atoms. The second-order valence-corrected chi connectivity index (χ2v) is 11.0. The van der Waals surface area contributed by atoms with E-state index in [4.69, 9.17) is 4.74 Å². The molecule has 3 aliphatic rings. The molecule has 36 heavy (non-hydrogen) atoms. The predicted molar refractivity (Wildman–Crippen MR) is 136 cm³/mol. The van der Waals surface area contributed by atoms with Gasteiger partial charge < -0.3 is 25.4 Å². The molecule has 3 heterocycles. The molecule has 8 nitrogen and oxygen atoms in total. The molecule has 3 N–H and O–H groups in total. The van der Waals surface area contributed by atoms with Crippen LogP contribution in [0, 0.1) is 17.8 Å². The van der Waals surface area contributed by atoms with Gasteiger partial charge in [-0.3, -0.25) is 14.4 Å². The molecule has 4 unspecified atom stereocenters. The van der Waals surface area contributed by atoms with Crippen LogP contribution in [-0.2, 0) is 19.1 Å². The molecule has 4 rings (SSSR count). The fraction of sp³-hybridized carbons (Fsp3) is 0.679. The minimum atomic E-state index is -1.13. The number of hydrogen-bond donors (Lipinski definition) is 3. The average molecular weight is 500 g/mol. The number of likely N-dealkylation sites (tertiary alicyclic amines) is 1. The molecule has 0 radical (unpaired) electrons. The Labute approximate surface area is 214 Å². The monoisotopic (exact) mass is 499 g/mol. The molecule has 3 aliphatic heterocycles. The first-order chi connectivity index (χ1) is 17.2. The summed E-state index contributed by atoms with van der Waals surface area (Å²) < 4.78 is 6.74. The van der Waals surface area contributed by atoms with E-state index in [2.05, 4.69) is 17.6 Å². The highest BCUT2D eigenvalue weighted by molar-refractivity contribution is 5.99. The van der Waals surface area contributed by atoms with Crippen LogP contribution in [0.5, 0.6) is 0 Å². The molecule has 8 atom stereocenters. The van der Waals surface area contributed by atoms with Crippen LogP contribution in [0.1, 0.15) is 71.9 Å². The Morgan fingerprint density at radius 1 is 1.19 bits per heavy atom. The van der Waals surface area contributed by atoms with Crippen molar-refractivity contribution in [2.75, 3.05) is 13.2 Å². The minimum absolute atomic E-state index is 0.0217. The standard InChI is InChI=1S/C28H41N3O5/c1-6-11-18(4)30-25(34)23-28-15-17(3)27(5,36-28)21(24(33)29-14-7-2)22(28)26(35)31(23)20(16-32)19-12-9-8-10-13-19/h8-10,12-13,17-18,20-23,32H,6-7,11,14-16H2,1-5H3,(H,29,33)(H,30,34)/t17?,18?,20-,21-,22+,23?,27+,28?/m1/s1. The topological polar surface area (TPSA) is 108 Å². The molecule has 1 aromatic rings. The molecular formula is C28H41N3O5. The van der Waals surface area contributed by atoms with Crippen molar-refractivity contribution in [3.8, 4) is 0 Å². The number of benzene rings is 1. The number of carbonyl (C=O) groups excluding carboxylic acids is 3. The lowest BCUT2D eigenvalue weighted by atomic mass is 9.62. The van der Waals surface area contributed by atoms with Crippen LogP contribution in [-0.4, -0.2) is 64.2 Å². The maximum absolute atomic E-state index is 14.3. The van der Waals surface area contributed by atoms with Crippen molar-refractivity contribution in [2.24, 2.45) is 17.8 Å². The van der Waals surface area contributed by atoms with E-state index >= 15 is 0 Å². The van der Waals surface area contributed by atoms with Crippen LogP contribution < -0.4 is 10.6 Å². The van der Waals surface area contributed by atoms with Gasteiger partial charge >= 0.3 is 0 Å². The van der Waals surface area contributed by atoms with E-state index in [0.29, 0.717) is 13.0 Å². The van der Waals surface area contributed by atoms with E-state index in [-0.39, 0.29) is 36.3 Å². The average Bonchev–Trinajstić information content (AvgIpc) is 3.36. The Morgan fingerprint density at radius 3 is 2.50 bits per heavy atom. The first-order valence-corrected chi connectivity index (χ1v) is 13.4. The summed E-state index contributed by atoms with van der Waals surface area (Å²) in [5, 5.41) is 16.6. The third-order valence-electron chi connectivity index (χ3n) is 8.64. The van der Waals surface area contributed by atoms with Crippen LogP contribution in [0.2, 0.25) is 0 Å². The summed E-state index contributed by atoms with van der Waals surface area (Å²) in [7, 11) is 0. The predicted octanol–water partition coefficient (Wildman–Crippen LogP) is 2.56. The van der Waals surface area contributed by atoms with Crippen LogP contribution in [0.3, 0.4) is 0 Å². The number of carbonyl (C=O) groups is 3. The molecule has 1 aromatic carbocycles. The zero-order valence-corrected chi connectivity index (χ0v) is 22.1. The minimum Gasteiger partial charge on any atom is -0.394 e. The Bertz CT molecular complexity index is 987. The van der Waals surface area contributed by atoms with Gasteiger partial charge in [-0.25, -0.2) is 0 Å². The Balaban J connectivity index is 1.82. The zero-order chi connectivity index (χ0) is 26.3. The van der Waals surface area contributed by atoms with Gasteiger partial charge in [0, 0.05) is 12.6 Å². The van der Waals surface area contributed by atoms with Gasteiger partial charge in [-0.2, -0.15) is 0 Å². The van der Waals surface area contributed by atoms with Crippen molar-refractivity contribution in [1.29, 1.82) is 0 Å². The molecule has 198 valence electrons. The number of aliphatic hydroxyl groups excluding tert-OH is 1. The van der Waals surface area contributed by atoms with Gasteiger partial charge in [-0.1, -0.05) is 57.5 Å². The van der Waals surface area contributed by atoms with Crippen LogP contribution in [0.15, 0.2) is 30.3 Å². The molecule has 8 heteroatoms. The molecule has 0 aromatic heterocycles. The van der Waals surface area contributed by atoms with E-state index in [1.54, 1.807) is 0 Å². The SMILES string of the molecule is CCCNC(=O)[C@H]1[C@H]2C(=O)N([C@H](CO)c3ccccc3)C(C(=O)NC(C)CCC)C23CC(C)[C@]1(C)O3. The third kappa shape index (κ3) is 4.02. The van der Waals surface area contributed by atoms with Crippen LogP contribution in [0.25, 0.3) is 0 Å². The maximum atomic E-state index is 14.3. The number of rotatable bonds is 10. The lowest BCUT2D eigenvalue weighted by molar-refractivity contribution is -0.151. The van der Waals surface area contributed by atoms with E-state index in [0.717, 1.165) is 24.8 Å². The summed E-state index contributed by atoms with van der Waals surface area (Å²) in [5.74, 6) is -2.30. The Morgan fingerprint density at radius 2 is 1.89 bits per heavy atom. The lowest BCUT2D eigenvalue weighted by Gasteiger charge is -2.37. The van der Waals surface area contributed by atoms with Crippen molar-refractivity contribution in [3.63, 3.8) is 0 Å². The first kappa shape index (κ1) is 26.6. The largest absolute Gasteiger partial charge is 0.394 e. The highest BCUT2D eigenvalue weighted by Crippen LogP contribution is 2.65. The zero-order valence-electron chi connectivity index (χ0n) is 22.1. The van der Waals surface area contributed by atoms with E-state index in [1.807, 2.05) is 58.0 Å². The van der Waals surface area contributed by atoms with Gasteiger partial charge in [0.05, 0.1) is 30.1 Å². The van der Waals surface area contributed by atoms with Crippen molar-refractivity contribution in [3.05, 3.63) is 35.9 Å². The Hall–Kier alpha value is -2.45. The number of aliphatic hydroxyl groups is 1. The summed E-state index contributed by atoms with van der Waals surface area (Å²) in [4.78, 5) is 43.2. The molecule has 3 amide bonds. The van der Waals surface area contributed by atoms with E-state index < -0.39 is 35.1 Å². The van der Waals surface area contributed by atoms with Gasteiger partial charge in [-0.15, -0.1) is 0 Å². The molecule has 3 fully saturated rings. The van der Waals surface area contributed by atoms with Gasteiger partial charge in [-0.05, 0) is 44.6 Å². The fourth-order valence-corrected chi connectivity index (χ4v) is 6.93. The maximum Gasteiger partial charge on any atom is 0.246 e. The number of nitrogens with zero attached hydrogens (tertiary/aromatic N) is 1. The highest BCUT2D eigenvalue weighted by Gasteiger charge is 2.80. The van der Waals surface area contributed by atoms with Crippen molar-refractivity contribution in [1.82, 2.24) is 15.5 Å². The van der Waals surface area contributed by atoms with Crippen molar-refractivity contribution >= 4 is 17.7 Å². The molecule has 0 aliphatic carbocycles. The van der Waals surface area contributed by atoms with Crippen LogP contribution >= 0.6 is 0 Å². The van der Waals surface area contributed by atoms with Gasteiger partial charge in [0.2, 0.25) is 17.7 Å². The van der Waals surface area contributed by atoms with E-state index in [9.17, 15) is 19.5 Å².